The van der Waals surface area contributed by atoms with Gasteiger partial charge in [-0.15, -0.1) is 0 Å². The molecule has 3 rings (SSSR count). The van der Waals surface area contributed by atoms with Crippen molar-refractivity contribution in [3.05, 3.63) is 83.9 Å². The second-order valence-corrected chi connectivity index (χ2v) is 6.14. The summed E-state index contributed by atoms with van der Waals surface area (Å²) in [6, 6.07) is 21.3. The van der Waals surface area contributed by atoms with Crippen molar-refractivity contribution in [1.82, 2.24) is 5.32 Å². The van der Waals surface area contributed by atoms with Crippen LogP contribution in [-0.4, -0.2) is 24.7 Å². The zero-order valence-corrected chi connectivity index (χ0v) is 15.1. The van der Waals surface area contributed by atoms with E-state index in [0.717, 1.165) is 22.4 Å². The number of methoxy groups -OCH3 is 1. The van der Waals surface area contributed by atoms with Crippen LogP contribution in [0.15, 0.2) is 72.8 Å². The van der Waals surface area contributed by atoms with Gasteiger partial charge in [0, 0.05) is 17.7 Å². The van der Waals surface area contributed by atoms with Crippen LogP contribution >= 0.6 is 0 Å². The molecule has 3 aromatic carbocycles. The van der Waals surface area contributed by atoms with E-state index >= 15 is 0 Å². The van der Waals surface area contributed by atoms with E-state index in [1.54, 1.807) is 31.4 Å². The number of rotatable bonds is 6. The molecule has 0 fully saturated rings. The molecule has 3 aromatic rings. The van der Waals surface area contributed by atoms with Crippen molar-refractivity contribution in [2.45, 2.75) is 6.04 Å². The lowest BCUT2D eigenvalue weighted by atomic mass is 10.0. The molecule has 0 heterocycles. The Hall–Kier alpha value is -3.31. The Bertz CT molecular complexity index is 940. The summed E-state index contributed by atoms with van der Waals surface area (Å²) in [6.45, 7) is 0.224. The fourth-order valence-electron chi connectivity index (χ4n) is 2.97. The lowest BCUT2D eigenvalue weighted by molar-refractivity contribution is 0.0937. The Morgan fingerprint density at radius 3 is 2.59 bits per heavy atom. The van der Waals surface area contributed by atoms with Crippen molar-refractivity contribution >= 4 is 5.91 Å². The molecule has 138 valence electrons. The van der Waals surface area contributed by atoms with Gasteiger partial charge in [-0.1, -0.05) is 42.5 Å². The van der Waals surface area contributed by atoms with Crippen LogP contribution in [0.1, 0.15) is 22.0 Å². The number of nitrogens with two attached hydrogens (primary N) is 1. The average Bonchev–Trinajstić information content (AvgIpc) is 2.71. The zero-order chi connectivity index (χ0) is 19.2. The number of benzene rings is 3. The lowest BCUT2D eigenvalue weighted by Gasteiger charge is -2.18. The van der Waals surface area contributed by atoms with E-state index in [1.165, 1.54) is 0 Å². The minimum absolute atomic E-state index is 0.137. The molecule has 0 aliphatic carbocycles. The number of amides is 1. The molecule has 0 saturated heterocycles. The predicted molar refractivity (Wildman–Crippen MR) is 106 cm³/mol. The summed E-state index contributed by atoms with van der Waals surface area (Å²) in [7, 11) is 1.62. The summed E-state index contributed by atoms with van der Waals surface area (Å²) in [5.41, 5.74) is 8.91. The monoisotopic (exact) mass is 362 g/mol. The Balaban J connectivity index is 1.85. The number of nitrogens with one attached hydrogen (secondary N) is 1. The van der Waals surface area contributed by atoms with Crippen LogP contribution in [0.4, 0.5) is 0 Å². The van der Waals surface area contributed by atoms with Gasteiger partial charge in [-0.3, -0.25) is 4.79 Å². The molecule has 0 aliphatic rings. The van der Waals surface area contributed by atoms with Crippen molar-refractivity contribution < 1.29 is 14.6 Å². The quantitative estimate of drug-likeness (QED) is 0.627. The van der Waals surface area contributed by atoms with Crippen molar-refractivity contribution in [2.75, 3.05) is 13.7 Å². The summed E-state index contributed by atoms with van der Waals surface area (Å²) in [5.74, 6) is 0.651. The Labute approximate surface area is 158 Å². The number of phenolic OH excluding ortho intramolecular Hbond substituents is 1. The van der Waals surface area contributed by atoms with Crippen molar-refractivity contribution in [1.29, 1.82) is 0 Å². The normalized spacial score (nSPS) is 11.6. The van der Waals surface area contributed by atoms with Crippen LogP contribution in [0.25, 0.3) is 11.1 Å². The SMILES string of the molecule is COc1ccccc1-c1cccc(C(=O)NC(CN)c2cccc(O)c2)c1. The maximum atomic E-state index is 12.7. The first-order valence-corrected chi connectivity index (χ1v) is 8.65. The number of aromatic hydroxyl groups is 1. The largest absolute Gasteiger partial charge is 0.508 e. The highest BCUT2D eigenvalue weighted by Crippen LogP contribution is 2.30. The van der Waals surface area contributed by atoms with Crippen LogP contribution < -0.4 is 15.8 Å². The Morgan fingerprint density at radius 1 is 1.07 bits per heavy atom. The fraction of sp³-hybridized carbons (Fsp3) is 0.136. The third-order valence-electron chi connectivity index (χ3n) is 4.36. The van der Waals surface area contributed by atoms with Crippen molar-refractivity contribution in [2.24, 2.45) is 5.73 Å². The first-order chi connectivity index (χ1) is 13.1. The smallest absolute Gasteiger partial charge is 0.251 e. The second-order valence-electron chi connectivity index (χ2n) is 6.14. The van der Waals surface area contributed by atoms with Crippen LogP contribution in [0, 0.1) is 0 Å². The highest BCUT2D eigenvalue weighted by Gasteiger charge is 2.16. The molecular weight excluding hydrogens is 340 g/mol. The fourth-order valence-corrected chi connectivity index (χ4v) is 2.97. The number of carbonyl (C=O) groups excluding carboxylic acids is 1. The predicted octanol–water partition coefficient (Wildman–Crippen LogP) is 3.50. The van der Waals surface area contributed by atoms with Gasteiger partial charge in [0.1, 0.15) is 11.5 Å². The number of hydrogen-bond donors (Lipinski definition) is 3. The summed E-state index contributed by atoms with van der Waals surface area (Å²) in [5, 5.41) is 12.6. The van der Waals surface area contributed by atoms with E-state index in [-0.39, 0.29) is 24.2 Å². The molecule has 1 amide bonds. The minimum Gasteiger partial charge on any atom is -0.508 e. The number of phenols is 1. The van der Waals surface area contributed by atoms with E-state index in [0.29, 0.717) is 5.56 Å². The summed E-state index contributed by atoms with van der Waals surface area (Å²) in [6.07, 6.45) is 0. The molecule has 0 radical (unpaired) electrons. The number of hydrogen-bond acceptors (Lipinski definition) is 4. The van der Waals surface area contributed by atoms with E-state index in [9.17, 15) is 9.90 Å². The first-order valence-electron chi connectivity index (χ1n) is 8.65. The molecule has 5 nitrogen and oxygen atoms in total. The van der Waals surface area contributed by atoms with Gasteiger partial charge in [-0.25, -0.2) is 0 Å². The Kier molecular flexibility index (Phi) is 5.74. The van der Waals surface area contributed by atoms with Crippen molar-refractivity contribution in [3.8, 4) is 22.6 Å². The topological polar surface area (TPSA) is 84.6 Å². The highest BCUT2D eigenvalue weighted by molar-refractivity contribution is 5.96. The van der Waals surface area contributed by atoms with Gasteiger partial charge < -0.3 is 20.9 Å². The molecular formula is C22H22N2O3. The van der Waals surface area contributed by atoms with Gasteiger partial charge in [-0.2, -0.15) is 0 Å². The van der Waals surface area contributed by atoms with Crippen molar-refractivity contribution in [3.63, 3.8) is 0 Å². The van der Waals surface area contributed by atoms with Gasteiger partial charge in [-0.05, 0) is 41.5 Å². The lowest BCUT2D eigenvalue weighted by Crippen LogP contribution is -2.33. The number of para-hydroxylation sites is 1. The number of carbonyl (C=O) groups is 1. The second kappa shape index (κ2) is 8.38. The number of ether oxygens (including phenoxy) is 1. The van der Waals surface area contributed by atoms with E-state index in [4.69, 9.17) is 10.5 Å². The van der Waals surface area contributed by atoms with Crippen LogP contribution in [-0.2, 0) is 0 Å². The molecule has 0 saturated carbocycles. The third-order valence-corrected chi connectivity index (χ3v) is 4.36. The van der Waals surface area contributed by atoms with Gasteiger partial charge in [0.25, 0.3) is 5.91 Å². The molecule has 0 spiro atoms. The summed E-state index contributed by atoms with van der Waals surface area (Å²) < 4.78 is 5.41. The van der Waals surface area contributed by atoms with Gasteiger partial charge in [0.15, 0.2) is 0 Å². The van der Waals surface area contributed by atoms with Crippen LogP contribution in [0.2, 0.25) is 0 Å². The van der Waals surface area contributed by atoms with Gasteiger partial charge in [0.2, 0.25) is 0 Å². The van der Waals surface area contributed by atoms with Crippen LogP contribution in [0.5, 0.6) is 11.5 Å². The maximum absolute atomic E-state index is 12.7. The van der Waals surface area contributed by atoms with E-state index in [2.05, 4.69) is 5.32 Å². The van der Waals surface area contributed by atoms with Gasteiger partial charge in [0.05, 0.1) is 13.2 Å². The van der Waals surface area contributed by atoms with Crippen LogP contribution in [0.3, 0.4) is 0 Å². The Morgan fingerprint density at radius 2 is 1.85 bits per heavy atom. The molecule has 0 aliphatic heterocycles. The van der Waals surface area contributed by atoms with E-state index in [1.807, 2.05) is 48.5 Å². The van der Waals surface area contributed by atoms with Gasteiger partial charge >= 0.3 is 0 Å². The summed E-state index contributed by atoms with van der Waals surface area (Å²) >= 11 is 0. The molecule has 1 atom stereocenters. The van der Waals surface area contributed by atoms with E-state index < -0.39 is 0 Å². The molecule has 27 heavy (non-hydrogen) atoms. The molecule has 0 aromatic heterocycles. The molecule has 4 N–H and O–H groups in total. The highest BCUT2D eigenvalue weighted by atomic mass is 16.5. The maximum Gasteiger partial charge on any atom is 0.251 e. The summed E-state index contributed by atoms with van der Waals surface area (Å²) in [4.78, 5) is 12.7. The minimum atomic E-state index is -0.389. The molecule has 1 unspecified atom stereocenters. The first kappa shape index (κ1) is 18.5. The molecule has 0 bridgehead atoms. The third kappa shape index (κ3) is 4.27. The molecule has 5 heteroatoms. The standard InChI is InChI=1S/C22H22N2O3/c1-27-21-11-3-2-10-19(21)15-6-4-8-17(12-15)22(26)24-20(14-23)16-7-5-9-18(25)13-16/h2-13,20,25H,14,23H2,1H3,(H,24,26). The average molecular weight is 362 g/mol. The zero-order valence-electron chi connectivity index (χ0n) is 15.1.